The van der Waals surface area contributed by atoms with Gasteiger partial charge in [-0.15, -0.1) is 0 Å². The topological polar surface area (TPSA) is 30.5 Å². The third kappa shape index (κ3) is 4.06. The molecule has 0 aliphatic carbocycles. The number of hydrogen-bond donors (Lipinski definition) is 1. The average Bonchev–Trinajstić information content (AvgIpc) is 2.92. The lowest BCUT2D eigenvalue weighted by molar-refractivity contribution is 0.0290. The molecule has 0 amide bonds. The Bertz CT molecular complexity index is 410. The van der Waals surface area contributed by atoms with Crippen LogP contribution in [0.2, 0.25) is 5.02 Å². The Hall–Kier alpha value is -0.840. The molecule has 0 spiro atoms. The van der Waals surface area contributed by atoms with Gasteiger partial charge in [-0.1, -0.05) is 11.6 Å². The molecule has 5 heteroatoms. The van der Waals surface area contributed by atoms with Crippen LogP contribution in [0.25, 0.3) is 0 Å². The Morgan fingerprint density at radius 1 is 1.53 bits per heavy atom. The zero-order chi connectivity index (χ0) is 13.7. The van der Waals surface area contributed by atoms with E-state index in [0.717, 1.165) is 19.5 Å². The quantitative estimate of drug-likeness (QED) is 0.873. The van der Waals surface area contributed by atoms with Crippen LogP contribution in [0, 0.1) is 11.7 Å². The molecule has 0 unspecified atom stereocenters. The monoisotopic (exact) mass is 287 g/mol. The second-order valence-corrected chi connectivity index (χ2v) is 5.05. The van der Waals surface area contributed by atoms with Gasteiger partial charge in [0, 0.05) is 25.1 Å². The van der Waals surface area contributed by atoms with Gasteiger partial charge in [-0.3, -0.25) is 0 Å². The highest BCUT2D eigenvalue weighted by molar-refractivity contribution is 6.30. The molecule has 0 radical (unpaired) electrons. The Kier molecular flexibility index (Phi) is 5.43. The van der Waals surface area contributed by atoms with E-state index in [1.807, 2.05) is 6.92 Å². The van der Waals surface area contributed by atoms with Gasteiger partial charge in [-0.25, -0.2) is 4.39 Å². The molecule has 0 aromatic heterocycles. The van der Waals surface area contributed by atoms with Crippen molar-refractivity contribution in [2.45, 2.75) is 19.4 Å². The standard InChI is InChI=1S/C14H19ClFNO2/c1-2-18-9-14(10-5-6-17-8-10)19-11-3-4-12(15)13(16)7-11/h3-4,7,10,14,17H,2,5-6,8-9H2,1H3/t10-,14-/m0/s1. The summed E-state index contributed by atoms with van der Waals surface area (Å²) in [5, 5.41) is 3.41. The van der Waals surface area contributed by atoms with E-state index in [2.05, 4.69) is 5.32 Å². The second-order valence-electron chi connectivity index (χ2n) is 4.64. The molecule has 0 saturated carbocycles. The molecule has 1 aliphatic heterocycles. The number of halogens is 2. The van der Waals surface area contributed by atoms with Gasteiger partial charge in [0.1, 0.15) is 17.7 Å². The first-order valence-electron chi connectivity index (χ1n) is 6.61. The summed E-state index contributed by atoms with van der Waals surface area (Å²) < 4.78 is 24.7. The van der Waals surface area contributed by atoms with Gasteiger partial charge in [-0.05, 0) is 32.0 Å². The van der Waals surface area contributed by atoms with Crippen LogP contribution in [0.4, 0.5) is 4.39 Å². The van der Waals surface area contributed by atoms with Crippen molar-refractivity contribution in [1.82, 2.24) is 5.32 Å². The number of benzene rings is 1. The zero-order valence-corrected chi connectivity index (χ0v) is 11.8. The summed E-state index contributed by atoms with van der Waals surface area (Å²) in [6, 6.07) is 4.52. The summed E-state index contributed by atoms with van der Waals surface area (Å²) >= 11 is 5.66. The van der Waals surface area contributed by atoms with Crippen LogP contribution in [-0.4, -0.2) is 32.4 Å². The van der Waals surface area contributed by atoms with Gasteiger partial charge in [0.2, 0.25) is 0 Å². The molecular formula is C14H19ClFNO2. The van der Waals surface area contributed by atoms with E-state index < -0.39 is 5.82 Å². The number of nitrogens with one attached hydrogen (secondary N) is 1. The van der Waals surface area contributed by atoms with Gasteiger partial charge < -0.3 is 14.8 Å². The molecule has 106 valence electrons. The van der Waals surface area contributed by atoms with Crippen molar-refractivity contribution in [2.75, 3.05) is 26.3 Å². The van der Waals surface area contributed by atoms with Crippen molar-refractivity contribution in [3.63, 3.8) is 0 Å². The minimum absolute atomic E-state index is 0.0597. The highest BCUT2D eigenvalue weighted by Gasteiger charge is 2.26. The van der Waals surface area contributed by atoms with Gasteiger partial charge in [0.25, 0.3) is 0 Å². The molecule has 3 nitrogen and oxygen atoms in total. The third-order valence-electron chi connectivity index (χ3n) is 3.29. The maximum absolute atomic E-state index is 13.4. The van der Waals surface area contributed by atoms with E-state index in [9.17, 15) is 4.39 Å². The first kappa shape index (κ1) is 14.6. The molecule has 1 N–H and O–H groups in total. The van der Waals surface area contributed by atoms with Crippen LogP contribution >= 0.6 is 11.6 Å². The molecule has 1 aromatic carbocycles. The predicted molar refractivity (Wildman–Crippen MR) is 73.3 cm³/mol. The SMILES string of the molecule is CCOC[C@H](Oc1ccc(Cl)c(F)c1)[C@H]1CCNC1. The fourth-order valence-corrected chi connectivity index (χ4v) is 2.34. The average molecular weight is 288 g/mol. The molecule has 1 heterocycles. The van der Waals surface area contributed by atoms with Crippen molar-refractivity contribution >= 4 is 11.6 Å². The Morgan fingerprint density at radius 3 is 3.00 bits per heavy atom. The molecule has 19 heavy (non-hydrogen) atoms. The molecule has 2 atom stereocenters. The first-order chi connectivity index (χ1) is 9.20. The van der Waals surface area contributed by atoms with Crippen molar-refractivity contribution in [1.29, 1.82) is 0 Å². The summed E-state index contributed by atoms with van der Waals surface area (Å²) in [6.45, 7) is 5.02. The molecule has 1 fully saturated rings. The van der Waals surface area contributed by atoms with Crippen molar-refractivity contribution < 1.29 is 13.9 Å². The molecular weight excluding hydrogens is 269 g/mol. The highest BCUT2D eigenvalue weighted by Crippen LogP contribution is 2.24. The van der Waals surface area contributed by atoms with Gasteiger partial charge >= 0.3 is 0 Å². The molecule has 1 aromatic rings. The predicted octanol–water partition coefficient (Wildman–Crippen LogP) is 2.87. The Labute approximate surface area is 118 Å². The number of rotatable bonds is 6. The van der Waals surface area contributed by atoms with Crippen LogP contribution < -0.4 is 10.1 Å². The van der Waals surface area contributed by atoms with Crippen LogP contribution in [0.5, 0.6) is 5.75 Å². The van der Waals surface area contributed by atoms with Crippen LogP contribution in [0.1, 0.15) is 13.3 Å². The van der Waals surface area contributed by atoms with E-state index in [0.29, 0.717) is 24.9 Å². The van der Waals surface area contributed by atoms with E-state index >= 15 is 0 Å². The molecule has 0 bridgehead atoms. The van der Waals surface area contributed by atoms with Gasteiger partial charge in [-0.2, -0.15) is 0 Å². The van der Waals surface area contributed by atoms with E-state index in [1.165, 1.54) is 12.1 Å². The largest absolute Gasteiger partial charge is 0.488 e. The second kappa shape index (κ2) is 7.08. The molecule has 1 aliphatic rings. The molecule has 2 rings (SSSR count). The summed E-state index contributed by atoms with van der Waals surface area (Å²) in [4.78, 5) is 0. The van der Waals surface area contributed by atoms with E-state index in [1.54, 1.807) is 6.07 Å². The normalized spacial score (nSPS) is 20.5. The smallest absolute Gasteiger partial charge is 0.145 e. The summed E-state index contributed by atoms with van der Waals surface area (Å²) in [7, 11) is 0. The Morgan fingerprint density at radius 2 is 2.37 bits per heavy atom. The molecule has 1 saturated heterocycles. The Balaban J connectivity index is 2.03. The van der Waals surface area contributed by atoms with E-state index in [4.69, 9.17) is 21.1 Å². The fraction of sp³-hybridized carbons (Fsp3) is 0.571. The van der Waals surface area contributed by atoms with Crippen molar-refractivity contribution in [3.8, 4) is 5.75 Å². The summed E-state index contributed by atoms with van der Waals surface area (Å²) in [6.07, 6.45) is 0.990. The summed E-state index contributed by atoms with van der Waals surface area (Å²) in [5.74, 6) is 0.433. The van der Waals surface area contributed by atoms with Crippen LogP contribution in [-0.2, 0) is 4.74 Å². The lowest BCUT2D eigenvalue weighted by Crippen LogP contribution is -2.33. The summed E-state index contributed by atoms with van der Waals surface area (Å²) in [5.41, 5.74) is 0. The van der Waals surface area contributed by atoms with E-state index in [-0.39, 0.29) is 11.1 Å². The number of hydrogen-bond acceptors (Lipinski definition) is 3. The first-order valence-corrected chi connectivity index (χ1v) is 6.98. The van der Waals surface area contributed by atoms with Crippen molar-refractivity contribution in [3.05, 3.63) is 29.0 Å². The zero-order valence-electron chi connectivity index (χ0n) is 11.0. The lowest BCUT2D eigenvalue weighted by atomic mass is 10.0. The maximum atomic E-state index is 13.4. The number of ether oxygens (including phenoxy) is 2. The van der Waals surface area contributed by atoms with Crippen LogP contribution in [0.3, 0.4) is 0 Å². The minimum Gasteiger partial charge on any atom is -0.488 e. The van der Waals surface area contributed by atoms with Crippen LogP contribution in [0.15, 0.2) is 18.2 Å². The maximum Gasteiger partial charge on any atom is 0.145 e. The van der Waals surface area contributed by atoms with Gasteiger partial charge in [0.15, 0.2) is 0 Å². The van der Waals surface area contributed by atoms with Gasteiger partial charge in [0.05, 0.1) is 11.6 Å². The third-order valence-corrected chi connectivity index (χ3v) is 3.60. The lowest BCUT2D eigenvalue weighted by Gasteiger charge is -2.24. The fourth-order valence-electron chi connectivity index (χ4n) is 2.22. The minimum atomic E-state index is -0.459. The highest BCUT2D eigenvalue weighted by atomic mass is 35.5. The van der Waals surface area contributed by atoms with Crippen molar-refractivity contribution in [2.24, 2.45) is 5.92 Å².